The number of anilines is 1. The van der Waals surface area contributed by atoms with Crippen molar-refractivity contribution in [2.45, 2.75) is 12.8 Å². The fourth-order valence-electron chi connectivity index (χ4n) is 2.55. The van der Waals surface area contributed by atoms with Crippen molar-refractivity contribution in [3.8, 4) is 0 Å². The van der Waals surface area contributed by atoms with Gasteiger partial charge in [-0.1, -0.05) is 12.1 Å². The summed E-state index contributed by atoms with van der Waals surface area (Å²) in [5, 5.41) is 27.0. The molecule has 0 unspecified atom stereocenters. The molecule has 2 aromatic carbocycles. The van der Waals surface area contributed by atoms with Crippen LogP contribution in [0.2, 0.25) is 0 Å². The van der Waals surface area contributed by atoms with Crippen LogP contribution < -0.4 is 10.6 Å². The number of non-ortho nitro benzene ring substituents is 2. The molecule has 0 bridgehead atoms. The van der Waals surface area contributed by atoms with E-state index in [1.807, 2.05) is 6.07 Å². The van der Waals surface area contributed by atoms with Crippen LogP contribution in [-0.4, -0.2) is 45.8 Å². The van der Waals surface area contributed by atoms with Crippen LogP contribution in [0, 0.1) is 20.2 Å². The number of hydrogen-bond acceptors (Lipinski definition) is 7. The van der Waals surface area contributed by atoms with Crippen LogP contribution in [-0.2, 0) is 11.2 Å². The van der Waals surface area contributed by atoms with Gasteiger partial charge in [0.1, 0.15) is 0 Å². The minimum absolute atomic E-state index is 0.00723. The number of rotatable bonds is 7. The Morgan fingerprint density at radius 3 is 2.19 bits per heavy atom. The number of carbonyl (C=O) groups is 2. The van der Waals surface area contributed by atoms with Crippen molar-refractivity contribution in [1.29, 1.82) is 0 Å². The summed E-state index contributed by atoms with van der Waals surface area (Å²) in [5.41, 5.74) is -0.00819. The van der Waals surface area contributed by atoms with Crippen molar-refractivity contribution in [2.24, 2.45) is 0 Å². The van der Waals surface area contributed by atoms with Crippen LogP contribution in [0.25, 0.3) is 0 Å². The first kappa shape index (κ1) is 23.3. The molecule has 12 heteroatoms. The maximum absolute atomic E-state index is 12.4. The number of amides is 2. The van der Waals surface area contributed by atoms with E-state index in [1.54, 1.807) is 32.3 Å². The Morgan fingerprint density at radius 2 is 1.65 bits per heavy atom. The van der Waals surface area contributed by atoms with E-state index in [0.29, 0.717) is 18.5 Å². The second kappa shape index (κ2) is 10.2. The Bertz CT molecular complexity index is 1020. The highest BCUT2D eigenvalue weighted by Gasteiger charge is 2.20. The SMILES string of the molecule is CN(C)C(=O)CCc1cccc(NC(=S)NC(=O)c2cc([N+](=O)[O-])cc([N+](=O)[O-])c2)c1. The number of aryl methyl sites for hydroxylation is 1. The van der Waals surface area contributed by atoms with Gasteiger partial charge in [0.25, 0.3) is 17.3 Å². The average Bonchev–Trinajstić information content (AvgIpc) is 2.71. The van der Waals surface area contributed by atoms with Crippen molar-refractivity contribution in [1.82, 2.24) is 10.2 Å². The van der Waals surface area contributed by atoms with Gasteiger partial charge < -0.3 is 10.2 Å². The second-order valence-corrected chi connectivity index (χ2v) is 7.06. The first-order valence-corrected chi connectivity index (χ1v) is 9.33. The molecule has 0 aliphatic rings. The highest BCUT2D eigenvalue weighted by molar-refractivity contribution is 7.80. The fraction of sp³-hybridized carbons (Fsp3) is 0.211. The van der Waals surface area contributed by atoms with E-state index in [4.69, 9.17) is 12.2 Å². The Kier molecular flexibility index (Phi) is 7.69. The van der Waals surface area contributed by atoms with Crippen molar-refractivity contribution in [3.05, 3.63) is 73.8 Å². The van der Waals surface area contributed by atoms with Gasteiger partial charge in [-0.3, -0.25) is 35.1 Å². The van der Waals surface area contributed by atoms with Crippen molar-refractivity contribution in [2.75, 3.05) is 19.4 Å². The van der Waals surface area contributed by atoms with Crippen LogP contribution in [0.15, 0.2) is 42.5 Å². The van der Waals surface area contributed by atoms with Crippen molar-refractivity contribution in [3.63, 3.8) is 0 Å². The molecule has 0 aliphatic carbocycles. The summed E-state index contributed by atoms with van der Waals surface area (Å²) in [5.74, 6) is -0.843. The molecular formula is C19H19N5O6S. The summed E-state index contributed by atoms with van der Waals surface area (Å²) in [6, 6.07) is 9.68. The molecule has 0 aromatic heterocycles. The van der Waals surface area contributed by atoms with Crippen LogP contribution >= 0.6 is 12.2 Å². The predicted octanol–water partition coefficient (Wildman–Crippen LogP) is 2.65. The summed E-state index contributed by atoms with van der Waals surface area (Å²) in [6.45, 7) is 0. The number of hydrogen-bond donors (Lipinski definition) is 2. The zero-order valence-electron chi connectivity index (χ0n) is 16.7. The van der Waals surface area contributed by atoms with Crippen molar-refractivity contribution < 1.29 is 19.4 Å². The third-order valence-electron chi connectivity index (χ3n) is 4.12. The van der Waals surface area contributed by atoms with E-state index in [0.717, 1.165) is 23.8 Å². The Balaban J connectivity index is 2.07. The van der Waals surface area contributed by atoms with E-state index in [1.165, 1.54) is 4.90 Å². The van der Waals surface area contributed by atoms with Gasteiger partial charge >= 0.3 is 0 Å². The molecule has 11 nitrogen and oxygen atoms in total. The molecule has 0 atom stereocenters. The molecule has 2 rings (SSSR count). The molecule has 31 heavy (non-hydrogen) atoms. The van der Waals surface area contributed by atoms with Gasteiger partial charge in [-0.05, 0) is 36.3 Å². The lowest BCUT2D eigenvalue weighted by atomic mass is 10.1. The first-order valence-electron chi connectivity index (χ1n) is 8.92. The number of nitro benzene ring substituents is 2. The predicted molar refractivity (Wildman–Crippen MR) is 117 cm³/mol. The third-order valence-corrected chi connectivity index (χ3v) is 4.33. The molecule has 0 heterocycles. The zero-order valence-corrected chi connectivity index (χ0v) is 17.5. The summed E-state index contributed by atoms with van der Waals surface area (Å²) >= 11 is 5.09. The number of nitrogens with one attached hydrogen (secondary N) is 2. The van der Waals surface area contributed by atoms with Crippen LogP contribution in [0.4, 0.5) is 17.1 Å². The van der Waals surface area contributed by atoms with Crippen LogP contribution in [0.1, 0.15) is 22.3 Å². The summed E-state index contributed by atoms with van der Waals surface area (Å²) < 4.78 is 0. The fourth-order valence-corrected chi connectivity index (χ4v) is 2.76. The largest absolute Gasteiger partial charge is 0.349 e. The molecule has 0 spiro atoms. The Morgan fingerprint density at radius 1 is 1.03 bits per heavy atom. The van der Waals surface area contributed by atoms with Gasteiger partial charge in [-0.25, -0.2) is 0 Å². The van der Waals surface area contributed by atoms with E-state index < -0.39 is 27.1 Å². The number of nitro groups is 2. The monoisotopic (exact) mass is 445 g/mol. The van der Waals surface area contributed by atoms with Crippen LogP contribution in [0.5, 0.6) is 0 Å². The summed E-state index contributed by atoms with van der Waals surface area (Å²) in [6.07, 6.45) is 0.853. The van der Waals surface area contributed by atoms with Crippen molar-refractivity contribution >= 4 is 46.2 Å². The number of thiocarbonyl (C=S) groups is 1. The molecule has 0 fully saturated rings. The summed E-state index contributed by atoms with van der Waals surface area (Å²) in [4.78, 5) is 45.9. The maximum atomic E-state index is 12.4. The van der Waals surface area contributed by atoms with Gasteiger partial charge in [0, 0.05) is 38.3 Å². The lowest BCUT2D eigenvalue weighted by molar-refractivity contribution is -0.394. The molecule has 2 N–H and O–H groups in total. The smallest absolute Gasteiger partial charge is 0.277 e. The lowest BCUT2D eigenvalue weighted by Gasteiger charge is -2.12. The number of nitrogens with zero attached hydrogens (tertiary/aromatic N) is 3. The first-order chi connectivity index (χ1) is 14.6. The minimum atomic E-state index is -0.836. The third kappa shape index (κ3) is 6.82. The summed E-state index contributed by atoms with van der Waals surface area (Å²) in [7, 11) is 3.36. The number of carbonyl (C=O) groups excluding carboxylic acids is 2. The molecule has 2 aromatic rings. The Labute approximate surface area is 182 Å². The van der Waals surface area contributed by atoms with E-state index in [9.17, 15) is 29.8 Å². The van der Waals surface area contributed by atoms with E-state index in [2.05, 4.69) is 10.6 Å². The zero-order chi connectivity index (χ0) is 23.1. The lowest BCUT2D eigenvalue weighted by Crippen LogP contribution is -2.34. The van der Waals surface area contributed by atoms with Gasteiger partial charge in [0.15, 0.2) is 5.11 Å². The number of benzene rings is 2. The maximum Gasteiger partial charge on any atom is 0.277 e. The normalized spacial score (nSPS) is 10.1. The molecule has 162 valence electrons. The van der Waals surface area contributed by atoms with Gasteiger partial charge in [-0.15, -0.1) is 0 Å². The minimum Gasteiger partial charge on any atom is -0.349 e. The van der Waals surface area contributed by atoms with Gasteiger partial charge in [0.05, 0.1) is 21.5 Å². The molecule has 0 saturated heterocycles. The second-order valence-electron chi connectivity index (χ2n) is 6.65. The average molecular weight is 445 g/mol. The van der Waals surface area contributed by atoms with Gasteiger partial charge in [0.2, 0.25) is 5.91 Å². The highest BCUT2D eigenvalue weighted by Crippen LogP contribution is 2.22. The molecule has 0 radical (unpaired) electrons. The Hall–Kier alpha value is -3.93. The van der Waals surface area contributed by atoms with E-state index >= 15 is 0 Å². The molecule has 0 aliphatic heterocycles. The molecule has 0 saturated carbocycles. The molecule has 2 amide bonds. The molecular weight excluding hydrogens is 426 g/mol. The van der Waals surface area contributed by atoms with Gasteiger partial charge in [-0.2, -0.15) is 0 Å². The topological polar surface area (TPSA) is 148 Å². The van der Waals surface area contributed by atoms with Crippen LogP contribution in [0.3, 0.4) is 0 Å². The highest BCUT2D eigenvalue weighted by atomic mass is 32.1. The van der Waals surface area contributed by atoms with E-state index in [-0.39, 0.29) is 16.6 Å². The quantitative estimate of drug-likeness (QED) is 0.375. The standard InChI is InChI=1S/C19H19N5O6S/c1-22(2)17(25)7-6-12-4-3-5-14(8-12)20-19(31)21-18(26)13-9-15(23(27)28)11-16(10-13)24(29)30/h3-5,8-11H,6-7H2,1-2H3,(H2,20,21,26,31).